The molecule has 0 saturated carbocycles. The molecule has 2 heterocycles. The van der Waals surface area contributed by atoms with Crippen molar-refractivity contribution in [3.63, 3.8) is 0 Å². The zero-order chi connectivity index (χ0) is 14.8. The van der Waals surface area contributed by atoms with Crippen molar-refractivity contribution in [3.05, 3.63) is 28.5 Å². The molecule has 1 N–H and O–H groups in total. The van der Waals surface area contributed by atoms with E-state index in [0.29, 0.717) is 16.0 Å². The Bertz CT molecular complexity index is 493. The van der Waals surface area contributed by atoms with Crippen molar-refractivity contribution in [2.24, 2.45) is 0 Å². The van der Waals surface area contributed by atoms with Crippen LogP contribution in [0.25, 0.3) is 0 Å². The molecule has 0 spiro atoms. The smallest absolute Gasteiger partial charge is 0.251 e. The molecule has 0 aliphatic carbocycles. The molecule has 0 aromatic carbocycles. The number of nitrogens with one attached hydrogen (secondary N) is 1. The summed E-state index contributed by atoms with van der Waals surface area (Å²) >= 11 is 7.97. The Kier molecular flexibility index (Phi) is 4.97. The molecule has 20 heavy (non-hydrogen) atoms. The number of hydrogen-bond donors (Lipinski definition) is 1. The molecule has 110 valence electrons. The fourth-order valence-electron chi connectivity index (χ4n) is 2.13. The highest BCUT2D eigenvalue weighted by atomic mass is 35.5. The lowest BCUT2D eigenvalue weighted by atomic mass is 9.91. The zero-order valence-electron chi connectivity index (χ0n) is 12.2. The largest absolute Gasteiger partial charge is 0.351 e. The van der Waals surface area contributed by atoms with Gasteiger partial charge in [0.15, 0.2) is 0 Å². The van der Waals surface area contributed by atoms with E-state index in [1.54, 1.807) is 6.07 Å². The van der Waals surface area contributed by atoms with E-state index in [4.69, 9.17) is 11.6 Å². The van der Waals surface area contributed by atoms with Gasteiger partial charge in [-0.25, -0.2) is 4.98 Å². The van der Waals surface area contributed by atoms with E-state index in [2.05, 4.69) is 31.1 Å². The molecule has 1 amide bonds. The number of carbonyl (C=O) groups is 1. The topological polar surface area (TPSA) is 42.0 Å². The normalized spacial score (nSPS) is 19.1. The number of carbonyl (C=O) groups excluding carboxylic acids is 1. The average Bonchev–Trinajstić information content (AvgIpc) is 2.87. The standard InChI is InChI=1S/C15H21ClN2OS/c1-15(2,3)12-7-10(8-13(16)18-12)14(19)17-9-11-5-4-6-20-11/h7-8,11H,4-6,9H2,1-3H3,(H,17,19). The fourth-order valence-corrected chi connectivity index (χ4v) is 3.54. The van der Waals surface area contributed by atoms with Crippen molar-refractivity contribution in [1.29, 1.82) is 0 Å². The molecule has 1 aromatic rings. The summed E-state index contributed by atoms with van der Waals surface area (Å²) in [5.74, 6) is 1.14. The number of rotatable bonds is 3. The first kappa shape index (κ1) is 15.6. The minimum absolute atomic E-state index is 0.0627. The maximum atomic E-state index is 12.2. The van der Waals surface area contributed by atoms with Gasteiger partial charge in [-0.05, 0) is 30.7 Å². The summed E-state index contributed by atoms with van der Waals surface area (Å²) in [4.78, 5) is 16.5. The van der Waals surface area contributed by atoms with Crippen LogP contribution in [0.3, 0.4) is 0 Å². The molecule has 0 radical (unpaired) electrons. The van der Waals surface area contributed by atoms with Gasteiger partial charge in [-0.15, -0.1) is 0 Å². The van der Waals surface area contributed by atoms with Gasteiger partial charge < -0.3 is 5.32 Å². The van der Waals surface area contributed by atoms with Gasteiger partial charge in [0.2, 0.25) is 0 Å². The van der Waals surface area contributed by atoms with E-state index in [1.165, 1.54) is 18.6 Å². The van der Waals surface area contributed by atoms with Crippen LogP contribution in [0.1, 0.15) is 49.7 Å². The van der Waals surface area contributed by atoms with E-state index >= 15 is 0 Å². The highest BCUT2D eigenvalue weighted by Crippen LogP contribution is 2.26. The summed E-state index contributed by atoms with van der Waals surface area (Å²) < 4.78 is 0. The van der Waals surface area contributed by atoms with Crippen LogP contribution in [0.5, 0.6) is 0 Å². The van der Waals surface area contributed by atoms with Crippen molar-refractivity contribution >= 4 is 29.3 Å². The van der Waals surface area contributed by atoms with E-state index in [0.717, 1.165) is 12.2 Å². The highest BCUT2D eigenvalue weighted by Gasteiger charge is 2.20. The second kappa shape index (κ2) is 6.35. The monoisotopic (exact) mass is 312 g/mol. The Morgan fingerprint density at radius 3 is 2.85 bits per heavy atom. The predicted molar refractivity (Wildman–Crippen MR) is 85.8 cm³/mol. The van der Waals surface area contributed by atoms with Gasteiger partial charge in [0.05, 0.1) is 0 Å². The highest BCUT2D eigenvalue weighted by molar-refractivity contribution is 8.00. The molecule has 1 atom stereocenters. The van der Waals surface area contributed by atoms with Gasteiger partial charge in [0.1, 0.15) is 5.15 Å². The predicted octanol–water partition coefficient (Wildman–Crippen LogP) is 3.66. The number of halogens is 1. The quantitative estimate of drug-likeness (QED) is 0.866. The van der Waals surface area contributed by atoms with E-state index in [-0.39, 0.29) is 11.3 Å². The average molecular weight is 313 g/mol. The van der Waals surface area contributed by atoms with Gasteiger partial charge in [0.25, 0.3) is 5.91 Å². The lowest BCUT2D eigenvalue weighted by molar-refractivity contribution is 0.0953. The zero-order valence-corrected chi connectivity index (χ0v) is 13.8. The van der Waals surface area contributed by atoms with Crippen LogP contribution < -0.4 is 5.32 Å². The minimum atomic E-state index is -0.124. The first-order valence-corrected chi connectivity index (χ1v) is 8.37. The molecule has 1 aromatic heterocycles. The maximum Gasteiger partial charge on any atom is 0.251 e. The summed E-state index contributed by atoms with van der Waals surface area (Å²) in [6.45, 7) is 6.90. The van der Waals surface area contributed by atoms with Gasteiger partial charge in [-0.1, -0.05) is 32.4 Å². The Morgan fingerprint density at radius 1 is 1.50 bits per heavy atom. The van der Waals surface area contributed by atoms with Crippen molar-refractivity contribution in [1.82, 2.24) is 10.3 Å². The van der Waals surface area contributed by atoms with Crippen molar-refractivity contribution < 1.29 is 4.79 Å². The van der Waals surface area contributed by atoms with Gasteiger partial charge >= 0.3 is 0 Å². The number of thioether (sulfide) groups is 1. The molecule has 2 rings (SSSR count). The number of aromatic nitrogens is 1. The van der Waals surface area contributed by atoms with Crippen molar-refractivity contribution in [2.75, 3.05) is 12.3 Å². The molecule has 1 saturated heterocycles. The molecule has 1 aliphatic heterocycles. The Hall–Kier alpha value is -0.740. The number of hydrogen-bond acceptors (Lipinski definition) is 3. The molecular weight excluding hydrogens is 292 g/mol. The first-order chi connectivity index (χ1) is 9.36. The molecule has 1 unspecified atom stereocenters. The third kappa shape index (κ3) is 4.13. The molecular formula is C15H21ClN2OS. The summed E-state index contributed by atoms with van der Waals surface area (Å²) in [5, 5.41) is 3.93. The summed E-state index contributed by atoms with van der Waals surface area (Å²) in [5.41, 5.74) is 1.31. The molecule has 5 heteroatoms. The minimum Gasteiger partial charge on any atom is -0.351 e. The van der Waals surface area contributed by atoms with E-state index < -0.39 is 0 Å². The lowest BCUT2D eigenvalue weighted by Crippen LogP contribution is -2.30. The van der Waals surface area contributed by atoms with E-state index in [1.807, 2.05) is 17.8 Å². The third-order valence-electron chi connectivity index (χ3n) is 3.34. The summed E-state index contributed by atoms with van der Waals surface area (Å²) in [7, 11) is 0. The Balaban J connectivity index is 2.07. The van der Waals surface area contributed by atoms with Crippen LogP contribution in [0.15, 0.2) is 12.1 Å². The Labute approximate surface area is 129 Å². The molecule has 0 bridgehead atoms. The fraction of sp³-hybridized carbons (Fsp3) is 0.600. The third-order valence-corrected chi connectivity index (χ3v) is 4.93. The second-order valence-electron chi connectivity index (χ2n) is 6.16. The van der Waals surface area contributed by atoms with Crippen LogP contribution in [0.2, 0.25) is 5.15 Å². The van der Waals surface area contributed by atoms with Crippen LogP contribution in [-0.4, -0.2) is 28.4 Å². The number of pyridine rings is 1. The van der Waals surface area contributed by atoms with Crippen LogP contribution in [0.4, 0.5) is 0 Å². The van der Waals surface area contributed by atoms with Crippen molar-refractivity contribution in [3.8, 4) is 0 Å². The molecule has 3 nitrogen and oxygen atoms in total. The van der Waals surface area contributed by atoms with Crippen molar-refractivity contribution in [2.45, 2.75) is 44.3 Å². The first-order valence-electron chi connectivity index (χ1n) is 6.94. The lowest BCUT2D eigenvalue weighted by Gasteiger charge is -2.19. The number of nitrogens with zero attached hydrogens (tertiary/aromatic N) is 1. The molecule has 1 aliphatic rings. The second-order valence-corrected chi connectivity index (χ2v) is 7.95. The SMILES string of the molecule is CC(C)(C)c1cc(C(=O)NCC2CCCS2)cc(Cl)n1. The molecule has 1 fully saturated rings. The van der Waals surface area contributed by atoms with Gasteiger partial charge in [-0.2, -0.15) is 11.8 Å². The van der Waals surface area contributed by atoms with E-state index in [9.17, 15) is 4.79 Å². The maximum absolute atomic E-state index is 12.2. The van der Waals surface area contributed by atoms with Gasteiger partial charge in [0, 0.05) is 28.5 Å². The summed E-state index contributed by atoms with van der Waals surface area (Å²) in [6, 6.07) is 3.47. The van der Waals surface area contributed by atoms with Crippen LogP contribution in [0, 0.1) is 0 Å². The Morgan fingerprint density at radius 2 is 2.25 bits per heavy atom. The van der Waals surface area contributed by atoms with Crippen LogP contribution in [-0.2, 0) is 5.41 Å². The summed E-state index contributed by atoms with van der Waals surface area (Å²) in [6.07, 6.45) is 2.44. The number of amides is 1. The van der Waals surface area contributed by atoms with Crippen LogP contribution >= 0.6 is 23.4 Å². The van der Waals surface area contributed by atoms with Gasteiger partial charge in [-0.3, -0.25) is 4.79 Å².